The van der Waals surface area contributed by atoms with E-state index in [0.29, 0.717) is 19.0 Å². The fourth-order valence-corrected chi connectivity index (χ4v) is 3.78. The Kier molecular flexibility index (Phi) is 4.45. The van der Waals surface area contributed by atoms with E-state index in [9.17, 15) is 8.42 Å². The molecule has 8 heteroatoms. The summed E-state index contributed by atoms with van der Waals surface area (Å²) in [7, 11) is -1.19. The summed E-state index contributed by atoms with van der Waals surface area (Å²) in [4.78, 5) is 8.95. The van der Waals surface area contributed by atoms with Crippen LogP contribution >= 0.6 is 0 Å². The quantitative estimate of drug-likeness (QED) is 0.835. The van der Waals surface area contributed by atoms with Crippen molar-refractivity contribution in [1.82, 2.24) is 24.1 Å². The maximum Gasteiger partial charge on any atom is 0.211 e. The molecule has 1 fully saturated rings. The van der Waals surface area contributed by atoms with Crippen molar-refractivity contribution in [2.45, 2.75) is 19.3 Å². The van der Waals surface area contributed by atoms with Gasteiger partial charge in [0.05, 0.1) is 30.0 Å². The number of nitrogens with zero attached hydrogens (tertiary/aromatic N) is 5. The van der Waals surface area contributed by atoms with E-state index in [1.165, 1.54) is 6.26 Å². The molecular formula is C15H21N5O2S. The van der Waals surface area contributed by atoms with E-state index < -0.39 is 10.0 Å². The molecule has 3 heterocycles. The minimum absolute atomic E-state index is 0.464. The third-order valence-corrected chi connectivity index (χ3v) is 5.55. The zero-order chi connectivity index (χ0) is 16.4. The number of rotatable bonds is 4. The lowest BCUT2D eigenvalue weighted by Crippen LogP contribution is -2.38. The summed E-state index contributed by atoms with van der Waals surface area (Å²) in [6.07, 6.45) is 11.1. The van der Waals surface area contributed by atoms with Gasteiger partial charge in [-0.15, -0.1) is 0 Å². The van der Waals surface area contributed by atoms with Crippen LogP contribution in [0.2, 0.25) is 0 Å². The molecule has 0 N–H and O–H groups in total. The van der Waals surface area contributed by atoms with Gasteiger partial charge in [0.15, 0.2) is 0 Å². The highest BCUT2D eigenvalue weighted by Crippen LogP contribution is 2.22. The molecule has 1 saturated heterocycles. The molecule has 0 aromatic carbocycles. The van der Waals surface area contributed by atoms with E-state index in [0.717, 1.165) is 36.2 Å². The predicted molar refractivity (Wildman–Crippen MR) is 87.1 cm³/mol. The summed E-state index contributed by atoms with van der Waals surface area (Å²) in [6, 6.07) is 0. The Bertz CT molecular complexity index is 761. The lowest BCUT2D eigenvalue weighted by molar-refractivity contribution is 0.273. The van der Waals surface area contributed by atoms with Gasteiger partial charge in [-0.2, -0.15) is 5.10 Å². The third-order valence-electron chi connectivity index (χ3n) is 4.25. The summed E-state index contributed by atoms with van der Waals surface area (Å²) in [6.45, 7) is 1.20. The van der Waals surface area contributed by atoms with Gasteiger partial charge in [-0.1, -0.05) is 0 Å². The van der Waals surface area contributed by atoms with Crippen molar-refractivity contribution in [3.05, 3.63) is 30.5 Å². The maximum atomic E-state index is 11.5. The second-order valence-corrected chi connectivity index (χ2v) is 8.09. The zero-order valence-corrected chi connectivity index (χ0v) is 14.2. The summed E-state index contributed by atoms with van der Waals surface area (Å²) >= 11 is 0. The number of piperidine rings is 1. The van der Waals surface area contributed by atoms with Crippen LogP contribution in [0.3, 0.4) is 0 Å². The largest absolute Gasteiger partial charge is 0.275 e. The molecule has 3 rings (SSSR count). The van der Waals surface area contributed by atoms with E-state index in [2.05, 4.69) is 15.1 Å². The second kappa shape index (κ2) is 6.37. The predicted octanol–water partition coefficient (Wildman–Crippen LogP) is 1.09. The average Bonchev–Trinajstić information content (AvgIpc) is 2.94. The van der Waals surface area contributed by atoms with Crippen LogP contribution in [0.1, 0.15) is 18.5 Å². The van der Waals surface area contributed by atoms with Crippen LogP contribution < -0.4 is 0 Å². The molecule has 0 amide bonds. The van der Waals surface area contributed by atoms with Crippen LogP contribution in [0.15, 0.2) is 24.8 Å². The summed E-state index contributed by atoms with van der Waals surface area (Å²) in [5, 5.41) is 4.13. The van der Waals surface area contributed by atoms with E-state index >= 15 is 0 Å². The molecule has 0 aliphatic carbocycles. The monoisotopic (exact) mass is 335 g/mol. The summed E-state index contributed by atoms with van der Waals surface area (Å²) in [5.74, 6) is 0.464. The molecule has 0 unspecified atom stereocenters. The number of sulfonamides is 1. The zero-order valence-electron chi connectivity index (χ0n) is 13.4. The van der Waals surface area contributed by atoms with E-state index in [1.54, 1.807) is 21.4 Å². The van der Waals surface area contributed by atoms with Gasteiger partial charge in [0.2, 0.25) is 10.0 Å². The molecule has 1 aliphatic heterocycles. The Balaban J connectivity index is 1.59. The molecule has 2 aromatic heterocycles. The average molecular weight is 335 g/mol. The van der Waals surface area contributed by atoms with E-state index in [4.69, 9.17) is 0 Å². The second-order valence-electron chi connectivity index (χ2n) is 6.11. The molecule has 0 bridgehead atoms. The van der Waals surface area contributed by atoms with E-state index in [-0.39, 0.29) is 0 Å². The maximum absolute atomic E-state index is 11.5. The molecule has 1 aliphatic rings. The standard InChI is InChI=1S/C15H21N5O2S/c1-19-11-13(8-18-19)15-10-16-14(9-17-15)7-12-3-5-20(6-4-12)23(2,21)22/h8-12H,3-7H2,1-2H3. The first kappa shape index (κ1) is 16.1. The van der Waals surface area contributed by atoms with Gasteiger partial charge in [0.1, 0.15) is 0 Å². The molecule has 23 heavy (non-hydrogen) atoms. The molecule has 0 saturated carbocycles. The number of hydrogen-bond acceptors (Lipinski definition) is 5. The van der Waals surface area contributed by atoms with Crippen LogP contribution in [-0.2, 0) is 23.5 Å². The SMILES string of the molecule is Cn1cc(-c2cnc(CC3CCN(S(C)(=O)=O)CC3)cn2)cn1. The van der Waals surface area contributed by atoms with Crippen molar-refractivity contribution < 1.29 is 8.42 Å². The normalized spacial score (nSPS) is 17.5. The molecule has 2 aromatic rings. The highest BCUT2D eigenvalue weighted by atomic mass is 32.2. The Hall–Kier alpha value is -1.80. The van der Waals surface area contributed by atoms with Gasteiger partial charge in [0.25, 0.3) is 0 Å². The van der Waals surface area contributed by atoms with Crippen molar-refractivity contribution in [3.63, 3.8) is 0 Å². The summed E-state index contributed by atoms with van der Waals surface area (Å²) < 4.78 is 26.3. The van der Waals surface area contributed by atoms with Crippen LogP contribution in [0.5, 0.6) is 0 Å². The first-order valence-corrected chi connectivity index (χ1v) is 9.52. The van der Waals surface area contributed by atoms with Crippen LogP contribution in [0.4, 0.5) is 0 Å². The lowest BCUT2D eigenvalue weighted by atomic mass is 9.93. The highest BCUT2D eigenvalue weighted by Gasteiger charge is 2.25. The minimum atomic E-state index is -3.06. The molecule has 7 nitrogen and oxygen atoms in total. The molecule has 0 spiro atoms. The van der Waals surface area contributed by atoms with Crippen molar-refractivity contribution in [2.24, 2.45) is 13.0 Å². The van der Waals surface area contributed by atoms with Crippen molar-refractivity contribution >= 4 is 10.0 Å². The topological polar surface area (TPSA) is 81.0 Å². The number of aromatic nitrogens is 4. The molecule has 0 atom stereocenters. The molecule has 0 radical (unpaired) electrons. The van der Waals surface area contributed by atoms with Crippen molar-refractivity contribution in [2.75, 3.05) is 19.3 Å². The third kappa shape index (κ3) is 3.94. The fourth-order valence-electron chi connectivity index (χ4n) is 2.90. The number of hydrogen-bond donors (Lipinski definition) is 0. The molecular weight excluding hydrogens is 314 g/mol. The Morgan fingerprint density at radius 2 is 1.91 bits per heavy atom. The summed E-state index contributed by atoms with van der Waals surface area (Å²) in [5.41, 5.74) is 2.72. The van der Waals surface area contributed by atoms with Gasteiger partial charge in [-0.05, 0) is 25.2 Å². The van der Waals surface area contributed by atoms with E-state index in [1.807, 2.05) is 19.4 Å². The van der Waals surface area contributed by atoms with Gasteiger partial charge < -0.3 is 0 Å². The van der Waals surface area contributed by atoms with Crippen LogP contribution in [-0.4, -0.2) is 51.8 Å². The Morgan fingerprint density at radius 3 is 2.43 bits per heavy atom. The highest BCUT2D eigenvalue weighted by molar-refractivity contribution is 7.88. The van der Waals surface area contributed by atoms with Gasteiger partial charge in [0, 0.05) is 38.1 Å². The van der Waals surface area contributed by atoms with Gasteiger partial charge in [-0.3, -0.25) is 14.6 Å². The molecule has 124 valence electrons. The lowest BCUT2D eigenvalue weighted by Gasteiger charge is -2.29. The van der Waals surface area contributed by atoms with Crippen molar-refractivity contribution in [3.8, 4) is 11.3 Å². The Labute approximate surface area is 136 Å². The van der Waals surface area contributed by atoms with Crippen LogP contribution in [0, 0.1) is 5.92 Å². The first-order chi connectivity index (χ1) is 10.9. The van der Waals surface area contributed by atoms with Gasteiger partial charge >= 0.3 is 0 Å². The smallest absolute Gasteiger partial charge is 0.211 e. The Morgan fingerprint density at radius 1 is 1.17 bits per heavy atom. The van der Waals surface area contributed by atoms with Crippen LogP contribution in [0.25, 0.3) is 11.3 Å². The first-order valence-electron chi connectivity index (χ1n) is 7.67. The minimum Gasteiger partial charge on any atom is -0.275 e. The number of aryl methyl sites for hydroxylation is 1. The van der Waals surface area contributed by atoms with Crippen molar-refractivity contribution in [1.29, 1.82) is 0 Å². The fraction of sp³-hybridized carbons (Fsp3) is 0.533. The van der Waals surface area contributed by atoms with Gasteiger partial charge in [-0.25, -0.2) is 12.7 Å².